The van der Waals surface area contributed by atoms with Crippen molar-refractivity contribution < 1.29 is 44.0 Å². The number of thioether (sulfide) groups is 1. The van der Waals surface area contributed by atoms with Crippen LogP contribution in [0.15, 0.2) is 36.4 Å². The summed E-state index contributed by atoms with van der Waals surface area (Å²) in [5, 5.41) is -2.92. The van der Waals surface area contributed by atoms with Crippen LogP contribution in [-0.2, 0) is 10.1 Å². The maximum atomic E-state index is 12.2. The summed E-state index contributed by atoms with van der Waals surface area (Å²) in [4.78, 5) is 0. The Morgan fingerprint density at radius 3 is 2.15 bits per heavy atom. The molecule has 1 atom stereocenters. The fourth-order valence-corrected chi connectivity index (χ4v) is 5.11. The molecule has 192 valence electrons. The van der Waals surface area contributed by atoms with Gasteiger partial charge >= 0.3 is 27.2 Å². The Kier molecular flexibility index (Phi) is 9.20. The first-order valence-electron chi connectivity index (χ1n) is 10.5. The predicted octanol–water partition coefficient (Wildman–Crippen LogP) is 7.34. The zero-order valence-corrected chi connectivity index (χ0v) is 20.2. The number of benzene rings is 2. The minimum Gasteiger partial charge on any atom is -0.493 e. The molecule has 0 aliphatic carbocycles. The van der Waals surface area contributed by atoms with E-state index in [9.17, 15) is 34.8 Å². The van der Waals surface area contributed by atoms with E-state index >= 15 is 0 Å². The Bertz CT molecular complexity index is 1060. The number of hydrogen-bond acceptors (Lipinski definition) is 4. The van der Waals surface area contributed by atoms with Gasteiger partial charge in [0.2, 0.25) is 0 Å². The lowest BCUT2D eigenvalue weighted by Crippen LogP contribution is -2.56. The molecule has 0 spiro atoms. The van der Waals surface area contributed by atoms with Crippen LogP contribution in [0, 0.1) is 0 Å². The largest absolute Gasteiger partial charge is 0.493 e. The number of unbranched alkanes of at least 4 members (excludes halogenated alkanes) is 1. The molecule has 1 saturated heterocycles. The lowest BCUT2D eigenvalue weighted by atomic mass is 9.99. The molecule has 1 fully saturated rings. The maximum absolute atomic E-state index is 12.2. The summed E-state index contributed by atoms with van der Waals surface area (Å²) in [6.45, 7) is 2.42. The minimum absolute atomic E-state index is 0.591. The molecule has 1 heterocycles. The van der Waals surface area contributed by atoms with E-state index in [1.807, 2.05) is 0 Å². The SMILES string of the molecule is CC(F)(F)C(F)(F)C(F)(F)S(=O)(=O)O.CCCCOc1ccc(C2CCCS2)c2ccccc12. The highest BCUT2D eigenvalue weighted by atomic mass is 32.2. The third-order valence-corrected chi connectivity index (χ3v) is 7.51. The number of alkyl halides is 6. The highest BCUT2D eigenvalue weighted by Crippen LogP contribution is 2.47. The van der Waals surface area contributed by atoms with E-state index in [0.717, 1.165) is 18.8 Å². The van der Waals surface area contributed by atoms with Gasteiger partial charge in [0.1, 0.15) is 5.75 Å². The molecule has 2 aromatic rings. The Balaban J connectivity index is 0.000000259. The van der Waals surface area contributed by atoms with Crippen molar-refractivity contribution >= 4 is 32.7 Å². The molecule has 2 aromatic carbocycles. The van der Waals surface area contributed by atoms with Gasteiger partial charge in [-0.15, -0.1) is 0 Å². The Labute approximate surface area is 198 Å². The first-order valence-corrected chi connectivity index (χ1v) is 13.0. The minimum atomic E-state index is -6.61. The van der Waals surface area contributed by atoms with Gasteiger partial charge in [0.25, 0.3) is 0 Å². The van der Waals surface area contributed by atoms with Gasteiger partial charge < -0.3 is 4.74 Å². The molecule has 12 heteroatoms. The fraction of sp³-hybridized carbons (Fsp3) is 0.545. The molecule has 0 amide bonds. The van der Waals surface area contributed by atoms with Crippen molar-refractivity contribution in [2.75, 3.05) is 12.4 Å². The lowest BCUT2D eigenvalue weighted by molar-refractivity contribution is -0.273. The topological polar surface area (TPSA) is 63.6 Å². The zero-order chi connectivity index (χ0) is 25.8. The van der Waals surface area contributed by atoms with Gasteiger partial charge in [-0.05, 0) is 42.0 Å². The Morgan fingerprint density at radius 1 is 1.06 bits per heavy atom. The molecular weight excluding hydrogens is 506 g/mol. The van der Waals surface area contributed by atoms with E-state index in [0.29, 0.717) is 5.25 Å². The second-order valence-corrected chi connectivity index (χ2v) is 10.6. The first kappa shape index (κ1) is 28.6. The van der Waals surface area contributed by atoms with Gasteiger partial charge in [-0.1, -0.05) is 43.7 Å². The standard InChI is InChI=1S/C18H22OS.C4H4F6O3S/c1-2-3-12-19-17-11-10-16(18-9-6-13-20-18)14-7-4-5-8-15(14)17;1-2(5,6)3(7,8)4(9,10)14(11,12)13/h4-5,7-8,10-11,18H,2-3,6,9,12-13H2,1H3;1H3,(H,11,12,13). The number of halogens is 6. The van der Waals surface area contributed by atoms with Crippen LogP contribution in [0.5, 0.6) is 5.75 Å². The smallest absolute Gasteiger partial charge is 0.437 e. The summed E-state index contributed by atoms with van der Waals surface area (Å²) in [6, 6.07) is 13.1. The van der Waals surface area contributed by atoms with Gasteiger partial charge in [0.15, 0.2) is 0 Å². The van der Waals surface area contributed by atoms with Crippen LogP contribution in [-0.4, -0.2) is 42.4 Å². The summed E-state index contributed by atoms with van der Waals surface area (Å²) in [5.41, 5.74) is 1.49. The highest BCUT2D eigenvalue weighted by molar-refractivity contribution is 7.99. The van der Waals surface area contributed by atoms with E-state index in [2.05, 4.69) is 55.1 Å². The summed E-state index contributed by atoms with van der Waals surface area (Å²) in [7, 11) is -6.61. The second kappa shape index (κ2) is 10.9. The monoisotopic (exact) mass is 532 g/mol. The van der Waals surface area contributed by atoms with Gasteiger partial charge in [-0.3, -0.25) is 4.55 Å². The molecule has 0 radical (unpaired) electrons. The van der Waals surface area contributed by atoms with Gasteiger partial charge in [0, 0.05) is 17.6 Å². The summed E-state index contributed by atoms with van der Waals surface area (Å²) >= 11 is 2.10. The van der Waals surface area contributed by atoms with Crippen molar-refractivity contribution in [1.29, 1.82) is 0 Å². The Morgan fingerprint density at radius 2 is 1.68 bits per heavy atom. The average molecular weight is 533 g/mol. The first-order chi connectivity index (χ1) is 15.6. The van der Waals surface area contributed by atoms with Crippen molar-refractivity contribution in [3.05, 3.63) is 42.0 Å². The van der Waals surface area contributed by atoms with E-state index < -0.39 is 34.1 Å². The number of ether oxygens (including phenoxy) is 1. The number of hydrogen-bond donors (Lipinski definition) is 1. The van der Waals surface area contributed by atoms with Crippen molar-refractivity contribution in [2.45, 2.75) is 61.9 Å². The van der Waals surface area contributed by atoms with Gasteiger partial charge in [-0.25, -0.2) is 0 Å². The molecule has 1 N–H and O–H groups in total. The van der Waals surface area contributed by atoms with Gasteiger partial charge in [-0.2, -0.15) is 46.5 Å². The molecule has 0 saturated carbocycles. The highest BCUT2D eigenvalue weighted by Gasteiger charge is 2.75. The van der Waals surface area contributed by atoms with Crippen LogP contribution in [0.4, 0.5) is 26.3 Å². The van der Waals surface area contributed by atoms with Crippen LogP contribution in [0.3, 0.4) is 0 Å². The molecule has 1 unspecified atom stereocenters. The zero-order valence-electron chi connectivity index (χ0n) is 18.5. The second-order valence-electron chi connectivity index (χ2n) is 7.86. The van der Waals surface area contributed by atoms with Crippen molar-refractivity contribution in [2.24, 2.45) is 0 Å². The molecule has 1 aliphatic rings. The van der Waals surface area contributed by atoms with Crippen LogP contribution in [0.2, 0.25) is 0 Å². The molecule has 34 heavy (non-hydrogen) atoms. The fourth-order valence-electron chi connectivity index (χ4n) is 3.27. The average Bonchev–Trinajstić information content (AvgIpc) is 3.27. The lowest BCUT2D eigenvalue weighted by Gasteiger charge is -2.28. The third-order valence-electron chi connectivity index (χ3n) is 5.19. The predicted molar refractivity (Wildman–Crippen MR) is 121 cm³/mol. The quantitative estimate of drug-likeness (QED) is 0.219. The van der Waals surface area contributed by atoms with Crippen LogP contribution in [0.25, 0.3) is 10.8 Å². The molecule has 3 rings (SSSR count). The van der Waals surface area contributed by atoms with Crippen molar-refractivity contribution in [3.63, 3.8) is 0 Å². The van der Waals surface area contributed by atoms with Crippen molar-refractivity contribution in [1.82, 2.24) is 0 Å². The van der Waals surface area contributed by atoms with E-state index in [-0.39, 0.29) is 0 Å². The number of fused-ring (bicyclic) bond motifs is 1. The molecule has 1 aliphatic heterocycles. The molecule has 0 aromatic heterocycles. The van der Waals surface area contributed by atoms with Gasteiger partial charge in [0.05, 0.1) is 6.61 Å². The van der Waals surface area contributed by atoms with E-state index in [4.69, 9.17) is 9.29 Å². The molecule has 0 bridgehead atoms. The Hall–Kier alpha value is -1.66. The summed E-state index contributed by atoms with van der Waals surface area (Å²) in [6.07, 6.45) is 4.95. The van der Waals surface area contributed by atoms with E-state index in [1.54, 1.807) is 0 Å². The summed E-state index contributed by atoms with van der Waals surface area (Å²) in [5.74, 6) is -9.13. The summed E-state index contributed by atoms with van der Waals surface area (Å²) < 4.78 is 106. The van der Waals surface area contributed by atoms with Crippen LogP contribution in [0.1, 0.15) is 50.3 Å². The third kappa shape index (κ3) is 6.12. The molecule has 4 nitrogen and oxygen atoms in total. The van der Waals surface area contributed by atoms with Crippen LogP contribution < -0.4 is 4.74 Å². The van der Waals surface area contributed by atoms with Crippen molar-refractivity contribution in [3.8, 4) is 5.75 Å². The van der Waals surface area contributed by atoms with E-state index in [1.165, 1.54) is 41.4 Å². The number of rotatable bonds is 8. The van der Waals surface area contributed by atoms with Crippen LogP contribution >= 0.6 is 11.8 Å². The maximum Gasteiger partial charge on any atom is 0.437 e. The molecular formula is C22H26F6O4S2. The normalized spacial score (nSPS) is 17.4.